The van der Waals surface area contributed by atoms with E-state index in [1.807, 2.05) is 0 Å². The third-order valence-electron chi connectivity index (χ3n) is 3.34. The quantitative estimate of drug-likeness (QED) is 0.715. The molecule has 0 atom stereocenters. The van der Waals surface area contributed by atoms with Crippen molar-refractivity contribution in [2.45, 2.75) is 37.2 Å². The standard InChI is InChI=1S/C11H19N3O4S/c1-8-10(9(2)14-13-8)19(16,17)12-7-11(15)3-5-18-6-4-11/h12,15H,3-7H2,1-2H3,(H,13,14). The average molecular weight is 289 g/mol. The third-order valence-corrected chi connectivity index (χ3v) is 5.01. The Balaban J connectivity index is 2.10. The van der Waals surface area contributed by atoms with Gasteiger partial charge in [-0.25, -0.2) is 13.1 Å². The van der Waals surface area contributed by atoms with Crippen LogP contribution in [0.3, 0.4) is 0 Å². The first kappa shape index (κ1) is 14.4. The Morgan fingerprint density at radius 2 is 2.05 bits per heavy atom. The summed E-state index contributed by atoms with van der Waals surface area (Å²) in [7, 11) is -3.66. The molecule has 0 amide bonds. The van der Waals surface area contributed by atoms with Gasteiger partial charge >= 0.3 is 0 Å². The van der Waals surface area contributed by atoms with Crippen molar-refractivity contribution in [3.63, 3.8) is 0 Å². The van der Waals surface area contributed by atoms with E-state index in [9.17, 15) is 13.5 Å². The van der Waals surface area contributed by atoms with Crippen molar-refractivity contribution in [1.29, 1.82) is 0 Å². The summed E-state index contributed by atoms with van der Waals surface area (Å²) in [6, 6.07) is 0. The molecule has 2 rings (SSSR count). The zero-order valence-corrected chi connectivity index (χ0v) is 11.9. The van der Waals surface area contributed by atoms with E-state index < -0.39 is 15.6 Å². The molecular weight excluding hydrogens is 270 g/mol. The second-order valence-corrected chi connectivity index (χ2v) is 6.63. The van der Waals surface area contributed by atoms with Crippen LogP contribution in [0.15, 0.2) is 4.90 Å². The number of aryl methyl sites for hydroxylation is 2. The molecule has 1 saturated heterocycles. The summed E-state index contributed by atoms with van der Waals surface area (Å²) < 4.78 is 32.0. The summed E-state index contributed by atoms with van der Waals surface area (Å²) in [5.74, 6) is 0. The van der Waals surface area contributed by atoms with Crippen molar-refractivity contribution in [1.82, 2.24) is 14.9 Å². The van der Waals surface area contributed by atoms with Crippen LogP contribution >= 0.6 is 0 Å². The average Bonchev–Trinajstić information content (AvgIpc) is 2.68. The highest BCUT2D eigenvalue weighted by Gasteiger charge is 2.32. The van der Waals surface area contributed by atoms with Gasteiger partial charge in [0.25, 0.3) is 0 Å². The van der Waals surface area contributed by atoms with E-state index in [-0.39, 0.29) is 11.4 Å². The summed E-state index contributed by atoms with van der Waals surface area (Å²) in [5, 5.41) is 16.7. The molecule has 0 bridgehead atoms. The fourth-order valence-electron chi connectivity index (χ4n) is 2.17. The molecule has 0 saturated carbocycles. The Labute approximate surface area is 112 Å². The summed E-state index contributed by atoms with van der Waals surface area (Å²) in [6.07, 6.45) is 0.859. The lowest BCUT2D eigenvalue weighted by Crippen LogP contribution is -2.46. The van der Waals surface area contributed by atoms with Crippen LogP contribution in [-0.2, 0) is 14.8 Å². The van der Waals surface area contributed by atoms with Crippen molar-refractivity contribution in [3.8, 4) is 0 Å². The number of aromatic amines is 1. The van der Waals surface area contributed by atoms with E-state index in [1.54, 1.807) is 13.8 Å². The molecule has 8 heteroatoms. The Kier molecular flexibility index (Phi) is 3.95. The molecule has 108 valence electrons. The maximum Gasteiger partial charge on any atom is 0.244 e. The number of aliphatic hydroxyl groups is 1. The van der Waals surface area contributed by atoms with Gasteiger partial charge in [0, 0.05) is 32.6 Å². The molecule has 0 unspecified atom stereocenters. The summed E-state index contributed by atoms with van der Waals surface area (Å²) in [4.78, 5) is 0.156. The van der Waals surface area contributed by atoms with E-state index in [0.717, 1.165) is 0 Å². The molecule has 1 aromatic rings. The highest BCUT2D eigenvalue weighted by molar-refractivity contribution is 7.89. The normalized spacial score (nSPS) is 19.5. The Bertz CT molecular complexity index is 527. The van der Waals surface area contributed by atoms with Crippen LogP contribution in [0, 0.1) is 13.8 Å². The number of aromatic nitrogens is 2. The van der Waals surface area contributed by atoms with Gasteiger partial charge in [-0.2, -0.15) is 5.10 Å². The minimum Gasteiger partial charge on any atom is -0.388 e. The van der Waals surface area contributed by atoms with E-state index in [4.69, 9.17) is 4.74 Å². The lowest BCUT2D eigenvalue weighted by atomic mass is 9.95. The van der Waals surface area contributed by atoms with Crippen LogP contribution in [0.25, 0.3) is 0 Å². The van der Waals surface area contributed by atoms with Gasteiger partial charge in [0.15, 0.2) is 0 Å². The van der Waals surface area contributed by atoms with E-state index in [2.05, 4.69) is 14.9 Å². The van der Waals surface area contributed by atoms with E-state index >= 15 is 0 Å². The third kappa shape index (κ3) is 3.14. The molecule has 0 aliphatic carbocycles. The zero-order chi connectivity index (χ0) is 14.1. The first-order valence-corrected chi connectivity index (χ1v) is 7.64. The van der Waals surface area contributed by atoms with Gasteiger partial charge in [0.2, 0.25) is 10.0 Å². The van der Waals surface area contributed by atoms with Gasteiger partial charge < -0.3 is 9.84 Å². The topological polar surface area (TPSA) is 104 Å². The molecule has 0 aromatic carbocycles. The van der Waals surface area contributed by atoms with Crippen molar-refractivity contribution in [3.05, 3.63) is 11.4 Å². The SMILES string of the molecule is Cc1n[nH]c(C)c1S(=O)(=O)NCC1(O)CCOCC1. The molecule has 0 radical (unpaired) electrons. The molecule has 1 fully saturated rings. The van der Waals surface area contributed by atoms with Gasteiger partial charge in [0.05, 0.1) is 17.0 Å². The molecule has 1 aliphatic heterocycles. The number of ether oxygens (including phenoxy) is 1. The monoisotopic (exact) mass is 289 g/mol. The summed E-state index contributed by atoms with van der Waals surface area (Å²) in [5.41, 5.74) is -0.121. The number of sulfonamides is 1. The van der Waals surface area contributed by atoms with Crippen LogP contribution in [-0.4, -0.2) is 49.1 Å². The largest absolute Gasteiger partial charge is 0.388 e. The molecule has 1 aromatic heterocycles. The predicted molar refractivity (Wildman–Crippen MR) is 68.3 cm³/mol. The Hall–Kier alpha value is -0.960. The molecule has 1 aliphatic rings. The summed E-state index contributed by atoms with van der Waals surface area (Å²) in [6.45, 7) is 4.16. The van der Waals surface area contributed by atoms with Crippen LogP contribution in [0.2, 0.25) is 0 Å². The molecule has 3 N–H and O–H groups in total. The van der Waals surface area contributed by atoms with E-state index in [1.165, 1.54) is 0 Å². The first-order chi connectivity index (χ1) is 8.84. The maximum absolute atomic E-state index is 12.2. The van der Waals surface area contributed by atoms with Crippen molar-refractivity contribution >= 4 is 10.0 Å². The van der Waals surface area contributed by atoms with Gasteiger partial charge in [-0.3, -0.25) is 5.10 Å². The van der Waals surface area contributed by atoms with Crippen molar-refractivity contribution in [2.24, 2.45) is 0 Å². The number of hydrogen-bond donors (Lipinski definition) is 3. The number of nitrogens with zero attached hydrogens (tertiary/aromatic N) is 1. The van der Waals surface area contributed by atoms with Crippen LogP contribution in [0.4, 0.5) is 0 Å². The molecular formula is C11H19N3O4S. The van der Waals surface area contributed by atoms with Crippen molar-refractivity contribution < 1.29 is 18.3 Å². The number of H-pyrrole nitrogens is 1. The van der Waals surface area contributed by atoms with Gasteiger partial charge in [-0.15, -0.1) is 0 Å². The fourth-order valence-corrected chi connectivity index (χ4v) is 3.65. The maximum atomic E-state index is 12.2. The highest BCUT2D eigenvalue weighted by Crippen LogP contribution is 2.21. The molecule has 19 heavy (non-hydrogen) atoms. The minimum absolute atomic E-state index is 0.0112. The highest BCUT2D eigenvalue weighted by atomic mass is 32.2. The minimum atomic E-state index is -3.66. The van der Waals surface area contributed by atoms with Crippen molar-refractivity contribution in [2.75, 3.05) is 19.8 Å². The van der Waals surface area contributed by atoms with Crippen LogP contribution in [0.5, 0.6) is 0 Å². The van der Waals surface area contributed by atoms with Gasteiger partial charge in [-0.1, -0.05) is 0 Å². The predicted octanol–water partition coefficient (Wildman–Crippen LogP) is -0.154. The van der Waals surface area contributed by atoms with Gasteiger partial charge in [0.1, 0.15) is 4.90 Å². The van der Waals surface area contributed by atoms with E-state index in [0.29, 0.717) is 37.4 Å². The molecule has 2 heterocycles. The second-order valence-electron chi connectivity index (χ2n) is 4.92. The lowest BCUT2D eigenvalue weighted by Gasteiger charge is -2.31. The number of rotatable bonds is 4. The van der Waals surface area contributed by atoms with Gasteiger partial charge in [-0.05, 0) is 13.8 Å². The Morgan fingerprint density at radius 1 is 1.42 bits per heavy atom. The smallest absolute Gasteiger partial charge is 0.244 e. The number of hydrogen-bond acceptors (Lipinski definition) is 5. The molecule has 7 nitrogen and oxygen atoms in total. The Morgan fingerprint density at radius 3 is 2.58 bits per heavy atom. The summed E-state index contributed by atoms with van der Waals surface area (Å²) >= 11 is 0. The first-order valence-electron chi connectivity index (χ1n) is 6.15. The van der Waals surface area contributed by atoms with Crippen LogP contribution < -0.4 is 4.72 Å². The molecule has 0 spiro atoms. The second kappa shape index (κ2) is 5.20. The van der Waals surface area contributed by atoms with Crippen LogP contribution in [0.1, 0.15) is 24.2 Å². The number of nitrogens with one attached hydrogen (secondary N) is 2. The fraction of sp³-hybridized carbons (Fsp3) is 0.727. The zero-order valence-electron chi connectivity index (χ0n) is 11.1. The lowest BCUT2D eigenvalue weighted by molar-refractivity contribution is -0.0588.